The Hall–Kier alpha value is -2.95. The normalized spacial score (nSPS) is 12.5. The Morgan fingerprint density at radius 2 is 1.92 bits per heavy atom. The Bertz CT molecular complexity index is 941. The Kier molecular flexibility index (Phi) is 4.29. The van der Waals surface area contributed by atoms with Crippen molar-refractivity contribution in [2.45, 2.75) is 32.4 Å². The Morgan fingerprint density at radius 1 is 1.04 bits per heavy atom. The van der Waals surface area contributed by atoms with E-state index in [1.54, 1.807) is 0 Å². The number of unbranched alkanes of at least 4 members (excludes halogenated alkanes) is 1. The summed E-state index contributed by atoms with van der Waals surface area (Å²) < 4.78 is 4.15. The summed E-state index contributed by atoms with van der Waals surface area (Å²) in [5, 5.41) is 8.62. The summed E-state index contributed by atoms with van der Waals surface area (Å²) in [4.78, 5) is 4.24. The van der Waals surface area contributed by atoms with Crippen LogP contribution < -0.4 is 0 Å². The maximum Gasteiger partial charge on any atom is 0.113 e. The van der Waals surface area contributed by atoms with Gasteiger partial charge in [-0.3, -0.25) is 0 Å². The van der Waals surface area contributed by atoms with E-state index in [-0.39, 0.29) is 6.04 Å². The smallest absolute Gasteiger partial charge is 0.113 e. The molecule has 0 aliphatic carbocycles. The number of aromatic nitrogens is 5. The molecule has 0 bridgehead atoms. The van der Waals surface area contributed by atoms with Gasteiger partial charge in [0.25, 0.3) is 0 Å². The SMILES string of the molecule is CCCCn1nnc2ccc(C(c3ccccc3)n3ccnc3)cc21. The van der Waals surface area contributed by atoms with Gasteiger partial charge in [0.2, 0.25) is 0 Å². The predicted octanol–water partition coefficient (Wildman–Crippen LogP) is 4.07. The quantitative estimate of drug-likeness (QED) is 0.535. The molecule has 2 heterocycles. The first-order valence-electron chi connectivity index (χ1n) is 8.72. The standard InChI is InChI=1S/C20H21N5/c1-2-3-12-25-19-14-17(9-10-18(19)22-23-25)20(24-13-11-21-15-24)16-7-5-4-6-8-16/h4-11,13-15,20H,2-3,12H2,1H3. The number of hydrogen-bond acceptors (Lipinski definition) is 3. The van der Waals surface area contributed by atoms with Crippen LogP contribution in [-0.4, -0.2) is 24.5 Å². The molecule has 0 saturated carbocycles. The zero-order chi connectivity index (χ0) is 17.1. The zero-order valence-corrected chi connectivity index (χ0v) is 14.3. The highest BCUT2D eigenvalue weighted by Gasteiger charge is 2.17. The summed E-state index contributed by atoms with van der Waals surface area (Å²) in [6.45, 7) is 3.09. The van der Waals surface area contributed by atoms with Crippen LogP contribution in [0.15, 0.2) is 67.3 Å². The fourth-order valence-electron chi connectivity index (χ4n) is 3.22. The van der Waals surface area contributed by atoms with E-state index >= 15 is 0 Å². The van der Waals surface area contributed by atoms with Crippen LogP contribution in [0.4, 0.5) is 0 Å². The first-order valence-corrected chi connectivity index (χ1v) is 8.72. The molecule has 0 N–H and O–H groups in total. The topological polar surface area (TPSA) is 48.5 Å². The molecule has 2 aromatic heterocycles. The average Bonchev–Trinajstić information content (AvgIpc) is 3.31. The molecule has 126 valence electrons. The maximum atomic E-state index is 4.32. The van der Waals surface area contributed by atoms with Crippen LogP contribution in [0.5, 0.6) is 0 Å². The largest absolute Gasteiger partial charge is 0.326 e. The molecule has 0 spiro atoms. The molecule has 0 saturated heterocycles. The van der Waals surface area contributed by atoms with Crippen LogP contribution in [-0.2, 0) is 6.54 Å². The second-order valence-electron chi connectivity index (χ2n) is 6.24. The summed E-state index contributed by atoms with van der Waals surface area (Å²) in [5.41, 5.74) is 4.47. The molecule has 0 aliphatic rings. The molecular weight excluding hydrogens is 310 g/mol. The number of fused-ring (bicyclic) bond motifs is 1. The van der Waals surface area contributed by atoms with Gasteiger partial charge in [0.1, 0.15) is 5.52 Å². The van der Waals surface area contributed by atoms with Gasteiger partial charge >= 0.3 is 0 Å². The van der Waals surface area contributed by atoms with Crippen LogP contribution in [0.3, 0.4) is 0 Å². The van der Waals surface area contributed by atoms with Crippen LogP contribution in [0.25, 0.3) is 11.0 Å². The number of aryl methyl sites for hydroxylation is 1. The van der Waals surface area contributed by atoms with E-state index in [1.807, 2.05) is 29.5 Å². The van der Waals surface area contributed by atoms with Crippen molar-refractivity contribution in [2.24, 2.45) is 0 Å². The zero-order valence-electron chi connectivity index (χ0n) is 14.3. The molecule has 4 aromatic rings. The van der Waals surface area contributed by atoms with E-state index in [2.05, 4.69) is 69.3 Å². The van der Waals surface area contributed by atoms with E-state index in [1.165, 1.54) is 11.1 Å². The van der Waals surface area contributed by atoms with Gasteiger partial charge in [0.05, 0.1) is 17.9 Å². The summed E-state index contributed by atoms with van der Waals surface area (Å²) in [6, 6.07) is 17.0. The van der Waals surface area contributed by atoms with Gasteiger partial charge < -0.3 is 4.57 Å². The molecule has 1 atom stereocenters. The summed E-state index contributed by atoms with van der Waals surface area (Å²) >= 11 is 0. The van der Waals surface area contributed by atoms with Crippen molar-refractivity contribution in [1.82, 2.24) is 24.5 Å². The molecule has 0 amide bonds. The van der Waals surface area contributed by atoms with Crippen molar-refractivity contribution in [3.8, 4) is 0 Å². The lowest BCUT2D eigenvalue weighted by molar-refractivity contribution is 0.567. The third kappa shape index (κ3) is 3.05. The summed E-state index contributed by atoms with van der Waals surface area (Å²) in [7, 11) is 0. The lowest BCUT2D eigenvalue weighted by Crippen LogP contribution is -2.11. The summed E-state index contributed by atoms with van der Waals surface area (Å²) in [5.74, 6) is 0. The molecule has 2 aromatic carbocycles. The van der Waals surface area contributed by atoms with E-state index in [9.17, 15) is 0 Å². The van der Waals surface area contributed by atoms with Crippen molar-refractivity contribution < 1.29 is 0 Å². The number of hydrogen-bond donors (Lipinski definition) is 0. The van der Waals surface area contributed by atoms with Crippen LogP contribution in [0.1, 0.15) is 36.9 Å². The molecule has 25 heavy (non-hydrogen) atoms. The maximum absolute atomic E-state index is 4.32. The number of imidazole rings is 1. The lowest BCUT2D eigenvalue weighted by atomic mass is 9.98. The fourth-order valence-corrected chi connectivity index (χ4v) is 3.22. The molecule has 1 unspecified atom stereocenters. The van der Waals surface area contributed by atoms with Gasteiger partial charge in [-0.05, 0) is 29.7 Å². The highest BCUT2D eigenvalue weighted by Crippen LogP contribution is 2.28. The number of rotatable bonds is 6. The van der Waals surface area contributed by atoms with E-state index in [0.717, 1.165) is 30.4 Å². The van der Waals surface area contributed by atoms with Crippen molar-refractivity contribution in [3.05, 3.63) is 78.4 Å². The number of nitrogens with zero attached hydrogens (tertiary/aromatic N) is 5. The number of benzene rings is 2. The second-order valence-corrected chi connectivity index (χ2v) is 6.24. The first kappa shape index (κ1) is 15.6. The van der Waals surface area contributed by atoms with E-state index in [0.29, 0.717) is 0 Å². The Morgan fingerprint density at radius 3 is 2.68 bits per heavy atom. The summed E-state index contributed by atoms with van der Waals surface area (Å²) in [6.07, 6.45) is 7.94. The van der Waals surface area contributed by atoms with Crippen LogP contribution in [0.2, 0.25) is 0 Å². The minimum atomic E-state index is 0.0858. The third-order valence-electron chi connectivity index (χ3n) is 4.52. The molecular formula is C20H21N5. The van der Waals surface area contributed by atoms with Gasteiger partial charge in [-0.25, -0.2) is 9.67 Å². The minimum absolute atomic E-state index is 0.0858. The second kappa shape index (κ2) is 6.89. The third-order valence-corrected chi connectivity index (χ3v) is 4.52. The van der Waals surface area contributed by atoms with Crippen molar-refractivity contribution >= 4 is 11.0 Å². The van der Waals surface area contributed by atoms with Gasteiger partial charge in [0, 0.05) is 18.9 Å². The Balaban J connectivity index is 1.82. The molecule has 5 heteroatoms. The van der Waals surface area contributed by atoms with E-state index in [4.69, 9.17) is 0 Å². The minimum Gasteiger partial charge on any atom is -0.326 e. The lowest BCUT2D eigenvalue weighted by Gasteiger charge is -2.20. The first-order chi connectivity index (χ1) is 12.4. The Labute approximate surface area is 146 Å². The van der Waals surface area contributed by atoms with Gasteiger partial charge in [0.15, 0.2) is 0 Å². The van der Waals surface area contributed by atoms with Crippen LogP contribution >= 0.6 is 0 Å². The average molecular weight is 331 g/mol. The molecule has 5 nitrogen and oxygen atoms in total. The highest BCUT2D eigenvalue weighted by atomic mass is 15.4. The monoisotopic (exact) mass is 331 g/mol. The van der Waals surface area contributed by atoms with Gasteiger partial charge in [-0.1, -0.05) is 55.0 Å². The molecule has 0 radical (unpaired) electrons. The van der Waals surface area contributed by atoms with Crippen molar-refractivity contribution in [3.63, 3.8) is 0 Å². The van der Waals surface area contributed by atoms with Gasteiger partial charge in [-0.15, -0.1) is 5.10 Å². The highest BCUT2D eigenvalue weighted by molar-refractivity contribution is 5.75. The molecule has 0 aliphatic heterocycles. The molecule has 4 rings (SSSR count). The van der Waals surface area contributed by atoms with Crippen molar-refractivity contribution in [1.29, 1.82) is 0 Å². The van der Waals surface area contributed by atoms with E-state index < -0.39 is 0 Å². The van der Waals surface area contributed by atoms with Crippen LogP contribution in [0, 0.1) is 0 Å². The fraction of sp³-hybridized carbons (Fsp3) is 0.250. The molecule has 0 fully saturated rings. The van der Waals surface area contributed by atoms with Gasteiger partial charge in [-0.2, -0.15) is 0 Å². The van der Waals surface area contributed by atoms with Crippen molar-refractivity contribution in [2.75, 3.05) is 0 Å². The predicted molar refractivity (Wildman–Crippen MR) is 98.3 cm³/mol.